The number of hydrogen-bond acceptors (Lipinski definition) is 4. The van der Waals surface area contributed by atoms with E-state index in [9.17, 15) is 19.5 Å². The van der Waals surface area contributed by atoms with Gasteiger partial charge in [-0.15, -0.1) is 0 Å². The molecule has 1 rings (SSSR count). The molecule has 5 heteroatoms. The first-order chi connectivity index (χ1) is 12.0. The molecule has 1 fully saturated rings. The second-order valence-corrected chi connectivity index (χ2v) is 6.68. The third-order valence-electron chi connectivity index (χ3n) is 4.53. The minimum Gasteiger partial charge on any atom is -0.481 e. The highest BCUT2D eigenvalue weighted by Crippen LogP contribution is 2.30. The van der Waals surface area contributed by atoms with Gasteiger partial charge in [-0.3, -0.25) is 14.4 Å². The van der Waals surface area contributed by atoms with E-state index in [1.807, 2.05) is 12.2 Å². The maximum Gasteiger partial charge on any atom is 0.303 e. The van der Waals surface area contributed by atoms with Crippen molar-refractivity contribution in [2.75, 3.05) is 0 Å². The van der Waals surface area contributed by atoms with Crippen LogP contribution >= 0.6 is 0 Å². The van der Waals surface area contributed by atoms with Crippen LogP contribution in [0.4, 0.5) is 0 Å². The van der Waals surface area contributed by atoms with Gasteiger partial charge < -0.3 is 10.2 Å². The number of Topliss-reactive ketones (excluding diaryl/α,β-unsaturated/α-hetero) is 2. The van der Waals surface area contributed by atoms with Crippen LogP contribution < -0.4 is 0 Å². The van der Waals surface area contributed by atoms with Gasteiger partial charge >= 0.3 is 5.97 Å². The average Bonchev–Trinajstić information content (AvgIpc) is 2.82. The number of aliphatic hydroxyl groups is 1. The van der Waals surface area contributed by atoms with Crippen LogP contribution in [0.5, 0.6) is 0 Å². The van der Waals surface area contributed by atoms with Crippen LogP contribution in [0.25, 0.3) is 0 Å². The molecule has 0 amide bonds. The number of carboxylic acid groups (broad SMARTS) is 1. The fourth-order valence-electron chi connectivity index (χ4n) is 3.04. The third-order valence-corrected chi connectivity index (χ3v) is 4.53. The van der Waals surface area contributed by atoms with Gasteiger partial charge in [0.15, 0.2) is 0 Å². The van der Waals surface area contributed by atoms with Gasteiger partial charge in [-0.25, -0.2) is 0 Å². The summed E-state index contributed by atoms with van der Waals surface area (Å²) in [5.41, 5.74) is 0. The molecule has 1 saturated carbocycles. The molecule has 5 nitrogen and oxygen atoms in total. The Morgan fingerprint density at radius 2 is 1.96 bits per heavy atom. The molecule has 0 aromatic carbocycles. The molecular formula is C20H30O5. The number of carbonyl (C=O) groups excluding carboxylic acids is 2. The molecule has 0 aromatic rings. The van der Waals surface area contributed by atoms with Gasteiger partial charge in [-0.2, -0.15) is 0 Å². The van der Waals surface area contributed by atoms with Crippen molar-refractivity contribution in [3.05, 3.63) is 24.3 Å². The van der Waals surface area contributed by atoms with Crippen LogP contribution in [0.3, 0.4) is 0 Å². The first-order valence-corrected chi connectivity index (χ1v) is 9.24. The molecule has 0 aliphatic heterocycles. The Kier molecular flexibility index (Phi) is 10.0. The van der Waals surface area contributed by atoms with E-state index in [0.29, 0.717) is 25.7 Å². The quantitative estimate of drug-likeness (QED) is 0.319. The molecule has 1 aliphatic carbocycles. The molecular weight excluding hydrogens is 320 g/mol. The van der Waals surface area contributed by atoms with Gasteiger partial charge in [0, 0.05) is 18.3 Å². The Bertz CT molecular complexity index is 506. The highest BCUT2D eigenvalue weighted by atomic mass is 16.4. The first kappa shape index (κ1) is 21.3. The lowest BCUT2D eigenvalue weighted by atomic mass is 9.90. The minimum atomic E-state index is -0.812. The second-order valence-electron chi connectivity index (χ2n) is 6.68. The van der Waals surface area contributed by atoms with Crippen LogP contribution in [0.15, 0.2) is 24.3 Å². The van der Waals surface area contributed by atoms with Gasteiger partial charge in [0.05, 0.1) is 12.5 Å². The summed E-state index contributed by atoms with van der Waals surface area (Å²) in [6, 6.07) is 0. The number of allylic oxidation sites excluding steroid dienone is 3. The molecule has 0 spiro atoms. The number of rotatable bonds is 12. The van der Waals surface area contributed by atoms with Gasteiger partial charge in [0.2, 0.25) is 0 Å². The Hall–Kier alpha value is -1.75. The molecule has 0 bridgehead atoms. The Balaban J connectivity index is 2.49. The lowest BCUT2D eigenvalue weighted by Gasteiger charge is -2.12. The van der Waals surface area contributed by atoms with Crippen LogP contribution in [0, 0.1) is 11.8 Å². The average molecular weight is 350 g/mol. The zero-order valence-corrected chi connectivity index (χ0v) is 15.0. The number of hydrogen-bond donors (Lipinski definition) is 2. The van der Waals surface area contributed by atoms with Crippen LogP contribution in [-0.2, 0) is 14.4 Å². The molecule has 140 valence electrons. The van der Waals surface area contributed by atoms with Crippen LogP contribution in [-0.4, -0.2) is 33.9 Å². The van der Waals surface area contributed by atoms with Gasteiger partial charge in [-0.05, 0) is 25.7 Å². The summed E-state index contributed by atoms with van der Waals surface area (Å²) in [7, 11) is 0. The topological polar surface area (TPSA) is 91.7 Å². The summed E-state index contributed by atoms with van der Waals surface area (Å²) >= 11 is 0. The van der Waals surface area contributed by atoms with E-state index in [1.54, 1.807) is 12.2 Å². The highest BCUT2D eigenvalue weighted by Gasteiger charge is 2.38. The van der Waals surface area contributed by atoms with Crippen LogP contribution in [0.1, 0.15) is 64.7 Å². The van der Waals surface area contributed by atoms with Crippen molar-refractivity contribution in [2.45, 2.75) is 70.8 Å². The Morgan fingerprint density at radius 1 is 1.20 bits per heavy atom. The van der Waals surface area contributed by atoms with E-state index in [1.165, 1.54) is 0 Å². The highest BCUT2D eigenvalue weighted by molar-refractivity contribution is 6.09. The molecule has 0 aromatic heterocycles. The van der Waals surface area contributed by atoms with E-state index in [0.717, 1.165) is 19.3 Å². The molecule has 25 heavy (non-hydrogen) atoms. The van der Waals surface area contributed by atoms with Crippen molar-refractivity contribution >= 4 is 17.5 Å². The lowest BCUT2D eigenvalue weighted by molar-refractivity contribution is -0.137. The van der Waals surface area contributed by atoms with Crippen molar-refractivity contribution in [2.24, 2.45) is 11.8 Å². The normalized spacial score (nSPS) is 22.3. The van der Waals surface area contributed by atoms with Crippen molar-refractivity contribution in [1.29, 1.82) is 0 Å². The van der Waals surface area contributed by atoms with E-state index >= 15 is 0 Å². The minimum absolute atomic E-state index is 0.0293. The summed E-state index contributed by atoms with van der Waals surface area (Å²) in [5, 5.41) is 18.5. The number of unbranched alkanes of at least 4 members (excludes halogenated alkanes) is 3. The Labute approximate surface area is 149 Å². The molecule has 1 aliphatic rings. The predicted molar refractivity (Wildman–Crippen MR) is 96.1 cm³/mol. The van der Waals surface area contributed by atoms with Gasteiger partial charge in [-0.1, -0.05) is 50.5 Å². The number of aliphatic hydroxyl groups excluding tert-OH is 1. The second kappa shape index (κ2) is 11.7. The number of ketones is 2. The summed E-state index contributed by atoms with van der Waals surface area (Å²) in [6.45, 7) is 2.10. The predicted octanol–water partition coefficient (Wildman–Crippen LogP) is 3.46. The van der Waals surface area contributed by atoms with E-state index in [2.05, 4.69) is 6.92 Å². The lowest BCUT2D eigenvalue weighted by Crippen LogP contribution is -2.16. The third kappa shape index (κ3) is 8.25. The fourth-order valence-corrected chi connectivity index (χ4v) is 3.04. The van der Waals surface area contributed by atoms with Crippen LogP contribution in [0.2, 0.25) is 0 Å². The Morgan fingerprint density at radius 3 is 2.64 bits per heavy atom. The zero-order chi connectivity index (χ0) is 18.7. The fraction of sp³-hybridized carbons (Fsp3) is 0.650. The number of carbonyl (C=O) groups is 3. The molecule has 3 atom stereocenters. The van der Waals surface area contributed by atoms with Crippen molar-refractivity contribution in [3.63, 3.8) is 0 Å². The van der Waals surface area contributed by atoms with E-state index in [4.69, 9.17) is 5.11 Å². The summed E-state index contributed by atoms with van der Waals surface area (Å²) in [5.74, 6) is -1.74. The van der Waals surface area contributed by atoms with E-state index in [-0.39, 0.29) is 30.3 Å². The largest absolute Gasteiger partial charge is 0.481 e. The van der Waals surface area contributed by atoms with Gasteiger partial charge in [0.1, 0.15) is 11.6 Å². The number of aliphatic carboxylic acids is 1. The summed E-state index contributed by atoms with van der Waals surface area (Å²) in [4.78, 5) is 34.5. The molecule has 0 radical (unpaired) electrons. The number of carboxylic acids is 1. The van der Waals surface area contributed by atoms with E-state index < -0.39 is 18.0 Å². The monoisotopic (exact) mass is 350 g/mol. The van der Waals surface area contributed by atoms with Crippen molar-refractivity contribution < 1.29 is 24.6 Å². The molecule has 0 saturated heterocycles. The maximum absolute atomic E-state index is 12.0. The van der Waals surface area contributed by atoms with Crippen molar-refractivity contribution in [3.8, 4) is 0 Å². The molecule has 2 N–H and O–H groups in total. The SMILES string of the molecule is CCCCC[C@H](O)/C=C/[C@H]1C(=O)CC(=O)C1C/C=C\CCCC(=O)O. The summed E-state index contributed by atoms with van der Waals surface area (Å²) in [6.07, 6.45) is 12.1. The molecule has 1 unspecified atom stereocenters. The maximum atomic E-state index is 12.0. The standard InChI is InChI=1S/C20H30O5/c1-2-3-6-9-15(21)12-13-17-16(18(22)14-19(17)23)10-7-4-5-8-11-20(24)25/h4,7,12-13,15-17,21H,2-3,5-6,8-11,14H2,1H3,(H,24,25)/b7-4-,13-12+/t15-,16?,17+/m0/s1. The smallest absolute Gasteiger partial charge is 0.303 e. The first-order valence-electron chi connectivity index (χ1n) is 9.24. The zero-order valence-electron chi connectivity index (χ0n) is 15.0. The summed E-state index contributed by atoms with van der Waals surface area (Å²) < 4.78 is 0. The molecule has 0 heterocycles. The van der Waals surface area contributed by atoms with Crippen molar-refractivity contribution in [1.82, 2.24) is 0 Å². The van der Waals surface area contributed by atoms with Gasteiger partial charge in [0.25, 0.3) is 0 Å².